The zero-order valence-corrected chi connectivity index (χ0v) is 12.1. The van der Waals surface area contributed by atoms with Crippen LogP contribution in [0.1, 0.15) is 31.5 Å². The Bertz CT molecular complexity index is 671. The van der Waals surface area contributed by atoms with Crippen molar-refractivity contribution in [2.24, 2.45) is 0 Å². The number of amides is 1. The molecule has 2 heterocycles. The van der Waals surface area contributed by atoms with E-state index in [0.717, 1.165) is 12.8 Å². The molecule has 0 bridgehead atoms. The van der Waals surface area contributed by atoms with Gasteiger partial charge in [-0.2, -0.15) is 4.98 Å². The molecule has 0 saturated carbocycles. The normalized spacial score (nSPS) is 21.8. The molecule has 2 unspecified atom stereocenters. The molecule has 1 aliphatic heterocycles. The summed E-state index contributed by atoms with van der Waals surface area (Å²) < 4.78 is 18.1. The van der Waals surface area contributed by atoms with Crippen LogP contribution in [0, 0.1) is 5.82 Å². The molecule has 6 nitrogen and oxygen atoms in total. The Morgan fingerprint density at radius 2 is 2.09 bits per heavy atom. The van der Waals surface area contributed by atoms with E-state index in [9.17, 15) is 14.3 Å². The van der Waals surface area contributed by atoms with Crippen LogP contribution < -0.4 is 0 Å². The summed E-state index contributed by atoms with van der Waals surface area (Å²) in [5.41, 5.74) is 0.638. The molecule has 1 saturated heterocycles. The van der Waals surface area contributed by atoms with Gasteiger partial charge in [-0.05, 0) is 44.0 Å². The van der Waals surface area contributed by atoms with Crippen LogP contribution in [-0.2, 0) is 0 Å². The van der Waals surface area contributed by atoms with E-state index < -0.39 is 6.09 Å². The van der Waals surface area contributed by atoms with E-state index in [-0.39, 0.29) is 17.8 Å². The molecule has 0 aliphatic carbocycles. The SMILES string of the molecule is CC1CCC(c2noc(-c3ccc(F)cc3)n2)CN1C(=O)O. The molecule has 116 valence electrons. The Morgan fingerprint density at radius 1 is 1.36 bits per heavy atom. The van der Waals surface area contributed by atoms with Crippen molar-refractivity contribution in [1.82, 2.24) is 15.0 Å². The summed E-state index contributed by atoms with van der Waals surface area (Å²) in [4.78, 5) is 17.0. The lowest BCUT2D eigenvalue weighted by Gasteiger charge is -2.34. The molecule has 0 spiro atoms. The number of benzene rings is 1. The van der Waals surface area contributed by atoms with Gasteiger partial charge in [0, 0.05) is 24.1 Å². The second-order valence-corrected chi connectivity index (χ2v) is 5.52. The number of carboxylic acid groups (broad SMARTS) is 1. The number of hydrogen-bond acceptors (Lipinski definition) is 4. The molecular formula is C15H16FN3O3. The maximum absolute atomic E-state index is 12.9. The fraction of sp³-hybridized carbons (Fsp3) is 0.400. The molecule has 3 rings (SSSR count). The van der Waals surface area contributed by atoms with E-state index in [0.29, 0.717) is 23.8 Å². The summed E-state index contributed by atoms with van der Waals surface area (Å²) in [7, 11) is 0. The molecule has 1 aromatic carbocycles. The van der Waals surface area contributed by atoms with Gasteiger partial charge in [0.2, 0.25) is 0 Å². The van der Waals surface area contributed by atoms with Gasteiger partial charge in [0.05, 0.1) is 0 Å². The highest BCUT2D eigenvalue weighted by atomic mass is 19.1. The summed E-state index contributed by atoms with van der Waals surface area (Å²) in [6.45, 7) is 2.25. The number of halogens is 1. The molecular weight excluding hydrogens is 289 g/mol. The van der Waals surface area contributed by atoms with Crippen LogP contribution in [0.3, 0.4) is 0 Å². The number of nitrogens with zero attached hydrogens (tertiary/aromatic N) is 3. The summed E-state index contributed by atoms with van der Waals surface area (Å²) in [6, 6.07) is 5.79. The van der Waals surface area contributed by atoms with Crippen molar-refractivity contribution in [3.8, 4) is 11.5 Å². The first-order valence-corrected chi connectivity index (χ1v) is 7.13. The minimum atomic E-state index is -0.931. The van der Waals surface area contributed by atoms with Crippen molar-refractivity contribution in [2.75, 3.05) is 6.54 Å². The highest BCUT2D eigenvalue weighted by Gasteiger charge is 2.32. The monoisotopic (exact) mass is 305 g/mol. The van der Waals surface area contributed by atoms with Gasteiger partial charge in [-0.15, -0.1) is 0 Å². The molecule has 0 radical (unpaired) electrons. The first-order chi connectivity index (χ1) is 10.5. The second kappa shape index (κ2) is 5.75. The van der Waals surface area contributed by atoms with Crippen LogP contribution >= 0.6 is 0 Å². The molecule has 1 N–H and O–H groups in total. The van der Waals surface area contributed by atoms with Crippen LogP contribution in [0.2, 0.25) is 0 Å². The van der Waals surface area contributed by atoms with Crippen LogP contribution in [0.25, 0.3) is 11.5 Å². The quantitative estimate of drug-likeness (QED) is 0.922. The van der Waals surface area contributed by atoms with Crippen molar-refractivity contribution >= 4 is 6.09 Å². The summed E-state index contributed by atoms with van der Waals surface area (Å²) in [5, 5.41) is 13.2. The van der Waals surface area contributed by atoms with Crippen molar-refractivity contribution in [1.29, 1.82) is 0 Å². The van der Waals surface area contributed by atoms with Crippen molar-refractivity contribution < 1.29 is 18.8 Å². The highest BCUT2D eigenvalue weighted by Crippen LogP contribution is 2.29. The molecule has 1 amide bonds. The lowest BCUT2D eigenvalue weighted by atomic mass is 9.93. The molecule has 22 heavy (non-hydrogen) atoms. The summed E-state index contributed by atoms with van der Waals surface area (Å²) in [6.07, 6.45) is 0.643. The number of rotatable bonds is 2. The Hall–Kier alpha value is -2.44. The van der Waals surface area contributed by atoms with E-state index in [1.165, 1.54) is 17.0 Å². The second-order valence-electron chi connectivity index (χ2n) is 5.52. The van der Waals surface area contributed by atoms with Gasteiger partial charge in [-0.1, -0.05) is 5.16 Å². The lowest BCUT2D eigenvalue weighted by Crippen LogP contribution is -2.44. The van der Waals surface area contributed by atoms with Crippen molar-refractivity contribution in [2.45, 2.75) is 31.7 Å². The van der Waals surface area contributed by atoms with Gasteiger partial charge in [0.25, 0.3) is 5.89 Å². The number of piperidine rings is 1. The van der Waals surface area contributed by atoms with Gasteiger partial charge in [-0.25, -0.2) is 9.18 Å². The summed E-state index contributed by atoms with van der Waals surface area (Å²) >= 11 is 0. The Morgan fingerprint density at radius 3 is 2.77 bits per heavy atom. The van der Waals surface area contributed by atoms with Crippen LogP contribution in [0.15, 0.2) is 28.8 Å². The third-order valence-corrected chi connectivity index (χ3v) is 4.03. The first kappa shape index (κ1) is 14.5. The predicted octanol–water partition coefficient (Wildman–Crippen LogP) is 3.12. The molecule has 1 aromatic heterocycles. The van der Waals surface area contributed by atoms with Gasteiger partial charge in [-0.3, -0.25) is 0 Å². The zero-order chi connectivity index (χ0) is 15.7. The minimum Gasteiger partial charge on any atom is -0.465 e. The molecule has 2 aromatic rings. The minimum absolute atomic E-state index is 0.00257. The Balaban J connectivity index is 1.79. The lowest BCUT2D eigenvalue weighted by molar-refractivity contribution is 0.104. The molecule has 1 fully saturated rings. The Labute approximate surface area is 126 Å². The van der Waals surface area contributed by atoms with E-state index >= 15 is 0 Å². The summed E-state index contributed by atoms with van der Waals surface area (Å²) in [5.74, 6) is 0.403. The average molecular weight is 305 g/mol. The largest absolute Gasteiger partial charge is 0.465 e. The highest BCUT2D eigenvalue weighted by molar-refractivity contribution is 5.65. The van der Waals surface area contributed by atoms with Gasteiger partial charge < -0.3 is 14.5 Å². The van der Waals surface area contributed by atoms with Crippen molar-refractivity contribution in [3.63, 3.8) is 0 Å². The Kier molecular flexibility index (Phi) is 3.79. The maximum Gasteiger partial charge on any atom is 0.407 e. The first-order valence-electron chi connectivity index (χ1n) is 7.13. The topological polar surface area (TPSA) is 79.5 Å². The molecule has 7 heteroatoms. The van der Waals surface area contributed by atoms with Crippen LogP contribution in [0.5, 0.6) is 0 Å². The van der Waals surface area contributed by atoms with E-state index in [4.69, 9.17) is 4.52 Å². The van der Waals surface area contributed by atoms with Crippen LogP contribution in [0.4, 0.5) is 9.18 Å². The standard InChI is InChI=1S/C15H16FN3O3/c1-9-2-3-11(8-19(9)15(20)21)13-17-14(22-18-13)10-4-6-12(16)7-5-10/h4-7,9,11H,2-3,8H2,1H3,(H,20,21). The predicted molar refractivity (Wildman–Crippen MR) is 75.9 cm³/mol. The molecule has 1 aliphatic rings. The van der Waals surface area contributed by atoms with E-state index in [2.05, 4.69) is 10.1 Å². The van der Waals surface area contributed by atoms with Gasteiger partial charge in [0.1, 0.15) is 5.82 Å². The number of hydrogen-bond donors (Lipinski definition) is 1. The number of aromatic nitrogens is 2. The zero-order valence-electron chi connectivity index (χ0n) is 12.1. The van der Waals surface area contributed by atoms with Gasteiger partial charge >= 0.3 is 6.09 Å². The van der Waals surface area contributed by atoms with Crippen molar-refractivity contribution in [3.05, 3.63) is 35.9 Å². The maximum atomic E-state index is 12.9. The fourth-order valence-electron chi connectivity index (χ4n) is 2.69. The average Bonchev–Trinajstić information content (AvgIpc) is 2.98. The molecule has 2 atom stereocenters. The number of carbonyl (C=O) groups is 1. The third kappa shape index (κ3) is 2.79. The van der Waals surface area contributed by atoms with E-state index in [1.54, 1.807) is 12.1 Å². The van der Waals surface area contributed by atoms with Crippen LogP contribution in [-0.4, -0.2) is 38.8 Å². The van der Waals surface area contributed by atoms with E-state index in [1.807, 2.05) is 6.92 Å². The smallest absolute Gasteiger partial charge is 0.407 e. The third-order valence-electron chi connectivity index (χ3n) is 4.03. The van der Waals surface area contributed by atoms with Gasteiger partial charge in [0.15, 0.2) is 5.82 Å². The fourth-order valence-corrected chi connectivity index (χ4v) is 2.69. The number of likely N-dealkylation sites (tertiary alicyclic amines) is 1.